The molecule has 1 aromatic rings. The van der Waals surface area contributed by atoms with Gasteiger partial charge in [0.1, 0.15) is 0 Å². The van der Waals surface area contributed by atoms with Gasteiger partial charge in [0.2, 0.25) is 0 Å². The van der Waals surface area contributed by atoms with Crippen molar-refractivity contribution in [3.63, 3.8) is 0 Å². The van der Waals surface area contributed by atoms with Crippen molar-refractivity contribution < 1.29 is 4.79 Å². The molecule has 0 saturated heterocycles. The first-order valence-electron chi connectivity index (χ1n) is 4.26. The number of rotatable bonds is 4. The summed E-state index contributed by atoms with van der Waals surface area (Å²) in [5.41, 5.74) is 0.674. The number of carbonyl (C=O) groups excluding carboxylic acids is 1. The molecular formula is C10H12ClNOS. The summed E-state index contributed by atoms with van der Waals surface area (Å²) in [6.07, 6.45) is 2.00. The Morgan fingerprint density at radius 3 is 2.57 bits per heavy atom. The molecule has 1 N–H and O–H groups in total. The third-order valence-corrected chi connectivity index (χ3v) is 2.66. The van der Waals surface area contributed by atoms with Crippen molar-refractivity contribution >= 4 is 29.3 Å². The van der Waals surface area contributed by atoms with Crippen LogP contribution in [0.3, 0.4) is 0 Å². The number of alkyl halides is 1. The van der Waals surface area contributed by atoms with E-state index in [-0.39, 0.29) is 5.91 Å². The Morgan fingerprint density at radius 1 is 1.43 bits per heavy atom. The van der Waals surface area contributed by atoms with Crippen molar-refractivity contribution in [1.29, 1.82) is 0 Å². The summed E-state index contributed by atoms with van der Waals surface area (Å²) in [4.78, 5) is 12.6. The van der Waals surface area contributed by atoms with E-state index in [9.17, 15) is 4.79 Å². The molecule has 0 aromatic heterocycles. The van der Waals surface area contributed by atoms with E-state index in [1.807, 2.05) is 30.5 Å². The molecule has 0 aliphatic rings. The molecule has 4 heteroatoms. The van der Waals surface area contributed by atoms with E-state index in [1.165, 1.54) is 0 Å². The van der Waals surface area contributed by atoms with E-state index in [2.05, 4.69) is 5.32 Å². The third kappa shape index (κ3) is 3.24. The van der Waals surface area contributed by atoms with Gasteiger partial charge in [-0.3, -0.25) is 4.79 Å². The quantitative estimate of drug-likeness (QED) is 0.635. The minimum Gasteiger partial charge on any atom is -0.351 e. The number of nitrogens with one attached hydrogen (secondary N) is 1. The Balaban J connectivity index is 2.62. The highest BCUT2D eigenvalue weighted by Crippen LogP contribution is 2.14. The smallest absolute Gasteiger partial charge is 0.251 e. The van der Waals surface area contributed by atoms with Gasteiger partial charge in [-0.1, -0.05) is 0 Å². The molecule has 0 heterocycles. The molecule has 1 amide bonds. The van der Waals surface area contributed by atoms with Crippen molar-refractivity contribution in [2.75, 3.05) is 18.7 Å². The predicted octanol–water partition coefficient (Wildman–Crippen LogP) is 2.38. The molecule has 2 nitrogen and oxygen atoms in total. The minimum atomic E-state index is -0.0710. The molecule has 0 atom stereocenters. The van der Waals surface area contributed by atoms with E-state index < -0.39 is 0 Å². The van der Waals surface area contributed by atoms with Crippen LogP contribution in [0.5, 0.6) is 0 Å². The summed E-state index contributed by atoms with van der Waals surface area (Å²) in [6, 6.07) is 7.49. The average molecular weight is 230 g/mol. The molecule has 0 aliphatic carbocycles. The van der Waals surface area contributed by atoms with Crippen LogP contribution in [0.15, 0.2) is 29.2 Å². The van der Waals surface area contributed by atoms with E-state index in [4.69, 9.17) is 11.6 Å². The fraction of sp³-hybridized carbons (Fsp3) is 0.300. The van der Waals surface area contributed by atoms with Gasteiger partial charge in [-0.2, -0.15) is 0 Å². The normalized spacial score (nSPS) is 9.86. The van der Waals surface area contributed by atoms with Crippen LogP contribution in [-0.4, -0.2) is 24.6 Å². The number of hydrogen-bond acceptors (Lipinski definition) is 2. The largest absolute Gasteiger partial charge is 0.351 e. The Morgan fingerprint density at radius 2 is 2.07 bits per heavy atom. The van der Waals surface area contributed by atoms with E-state index in [1.54, 1.807) is 11.8 Å². The topological polar surface area (TPSA) is 29.1 Å². The predicted molar refractivity (Wildman–Crippen MR) is 61.3 cm³/mol. The molecule has 0 aliphatic heterocycles. The number of benzene rings is 1. The van der Waals surface area contributed by atoms with E-state index >= 15 is 0 Å². The molecule has 14 heavy (non-hydrogen) atoms. The van der Waals surface area contributed by atoms with E-state index in [0.717, 1.165) is 4.90 Å². The first kappa shape index (κ1) is 11.4. The fourth-order valence-corrected chi connectivity index (χ4v) is 1.51. The number of halogens is 1. The Kier molecular flexibility index (Phi) is 4.84. The maximum absolute atomic E-state index is 11.4. The molecule has 1 rings (SSSR count). The lowest BCUT2D eigenvalue weighted by molar-refractivity contribution is 0.0956. The Labute approximate surface area is 93.0 Å². The number of carbonyl (C=O) groups is 1. The summed E-state index contributed by atoms with van der Waals surface area (Å²) in [5, 5.41) is 2.71. The lowest BCUT2D eigenvalue weighted by Crippen LogP contribution is -2.25. The second-order valence-corrected chi connectivity index (χ2v) is 3.93. The Hall–Kier alpha value is -0.670. The standard InChI is InChI=1S/C10H12ClNOS/c1-14-9-4-2-8(3-5-9)10(13)12-7-6-11/h2-5H,6-7H2,1H3,(H,12,13). The van der Waals surface area contributed by atoms with Gasteiger partial charge in [-0.15, -0.1) is 23.4 Å². The first-order valence-corrected chi connectivity index (χ1v) is 6.02. The minimum absolute atomic E-state index is 0.0710. The van der Waals surface area contributed by atoms with Gasteiger partial charge in [0.15, 0.2) is 0 Å². The van der Waals surface area contributed by atoms with Gasteiger partial charge in [-0.25, -0.2) is 0 Å². The zero-order valence-electron chi connectivity index (χ0n) is 7.92. The monoisotopic (exact) mass is 229 g/mol. The molecule has 0 unspecified atom stereocenters. The molecule has 76 valence electrons. The van der Waals surface area contributed by atoms with Crippen LogP contribution >= 0.6 is 23.4 Å². The van der Waals surface area contributed by atoms with Crippen LogP contribution < -0.4 is 5.32 Å². The SMILES string of the molecule is CSc1ccc(C(=O)NCCCl)cc1. The van der Waals surface area contributed by atoms with Crippen LogP contribution in [-0.2, 0) is 0 Å². The van der Waals surface area contributed by atoms with Crippen molar-refractivity contribution in [3.05, 3.63) is 29.8 Å². The summed E-state index contributed by atoms with van der Waals surface area (Å²) in [5.74, 6) is 0.368. The third-order valence-electron chi connectivity index (χ3n) is 1.73. The van der Waals surface area contributed by atoms with Gasteiger partial charge < -0.3 is 5.32 Å². The first-order chi connectivity index (χ1) is 6.77. The van der Waals surface area contributed by atoms with Crippen molar-refractivity contribution in [1.82, 2.24) is 5.32 Å². The zero-order chi connectivity index (χ0) is 10.4. The van der Waals surface area contributed by atoms with Gasteiger partial charge >= 0.3 is 0 Å². The summed E-state index contributed by atoms with van der Waals surface area (Å²) in [6.45, 7) is 0.505. The summed E-state index contributed by atoms with van der Waals surface area (Å²) in [7, 11) is 0. The number of thioether (sulfide) groups is 1. The number of hydrogen-bond donors (Lipinski definition) is 1. The van der Waals surface area contributed by atoms with Crippen LogP contribution in [0.2, 0.25) is 0 Å². The van der Waals surface area contributed by atoms with Gasteiger partial charge in [0.05, 0.1) is 0 Å². The fourth-order valence-electron chi connectivity index (χ4n) is 1.01. The van der Waals surface area contributed by atoms with Crippen LogP contribution in [0.25, 0.3) is 0 Å². The average Bonchev–Trinajstić information content (AvgIpc) is 2.26. The second kappa shape index (κ2) is 5.94. The van der Waals surface area contributed by atoms with Gasteiger partial charge in [-0.05, 0) is 30.5 Å². The lowest BCUT2D eigenvalue weighted by Gasteiger charge is -2.03. The number of amides is 1. The highest BCUT2D eigenvalue weighted by molar-refractivity contribution is 7.98. The molecular weight excluding hydrogens is 218 g/mol. The van der Waals surface area contributed by atoms with Gasteiger partial charge in [0, 0.05) is 22.9 Å². The molecule has 0 bridgehead atoms. The highest BCUT2D eigenvalue weighted by Gasteiger charge is 2.03. The highest BCUT2D eigenvalue weighted by atomic mass is 35.5. The molecule has 0 spiro atoms. The molecule has 0 radical (unpaired) electrons. The van der Waals surface area contributed by atoms with Crippen molar-refractivity contribution in [2.24, 2.45) is 0 Å². The van der Waals surface area contributed by atoms with E-state index in [0.29, 0.717) is 18.0 Å². The van der Waals surface area contributed by atoms with Gasteiger partial charge in [0.25, 0.3) is 5.91 Å². The summed E-state index contributed by atoms with van der Waals surface area (Å²) >= 11 is 7.12. The maximum atomic E-state index is 11.4. The molecule has 0 fully saturated rings. The van der Waals surface area contributed by atoms with Crippen molar-refractivity contribution in [2.45, 2.75) is 4.90 Å². The second-order valence-electron chi connectivity index (χ2n) is 2.67. The van der Waals surface area contributed by atoms with Crippen molar-refractivity contribution in [3.8, 4) is 0 Å². The zero-order valence-corrected chi connectivity index (χ0v) is 9.49. The molecule has 0 saturated carbocycles. The van der Waals surface area contributed by atoms with Crippen LogP contribution in [0, 0.1) is 0 Å². The molecule has 1 aromatic carbocycles. The van der Waals surface area contributed by atoms with Crippen LogP contribution in [0.1, 0.15) is 10.4 Å². The lowest BCUT2D eigenvalue weighted by atomic mass is 10.2. The Bertz CT molecular complexity index is 299. The summed E-state index contributed by atoms with van der Waals surface area (Å²) < 4.78 is 0. The maximum Gasteiger partial charge on any atom is 0.251 e. The van der Waals surface area contributed by atoms with Crippen LogP contribution in [0.4, 0.5) is 0 Å².